The molecule has 2 aromatic carbocycles. The van der Waals surface area contributed by atoms with Crippen LogP contribution in [0, 0.1) is 11.6 Å². The summed E-state index contributed by atoms with van der Waals surface area (Å²) in [5, 5.41) is 0. The molecule has 0 aliphatic heterocycles. The lowest BCUT2D eigenvalue weighted by Gasteiger charge is -2.16. The van der Waals surface area contributed by atoms with Gasteiger partial charge in [0.1, 0.15) is 11.6 Å². The van der Waals surface area contributed by atoms with E-state index in [0.29, 0.717) is 5.56 Å². The van der Waals surface area contributed by atoms with E-state index in [1.807, 2.05) is 0 Å². The number of hydrogen-bond acceptors (Lipinski definition) is 1. The third-order valence-electron chi connectivity index (χ3n) is 2.82. The summed E-state index contributed by atoms with van der Waals surface area (Å²) in [6.07, 6.45) is 0. The highest BCUT2D eigenvalue weighted by Crippen LogP contribution is 2.33. The summed E-state index contributed by atoms with van der Waals surface area (Å²) in [4.78, 5) is 11.4. The summed E-state index contributed by atoms with van der Waals surface area (Å²) < 4.78 is 25.7. The molecular weight excluding hydrogens is 394 g/mol. The van der Waals surface area contributed by atoms with Gasteiger partial charge in [0.05, 0.1) is 9.65 Å². The number of benzene rings is 2. The lowest BCUT2D eigenvalue weighted by Crippen LogP contribution is -2.19. The van der Waals surface area contributed by atoms with Crippen LogP contribution in [0.2, 0.25) is 0 Å². The number of alkyl halides is 2. The van der Waals surface area contributed by atoms with Crippen LogP contribution in [0.3, 0.4) is 0 Å². The fourth-order valence-corrected chi connectivity index (χ4v) is 2.84. The zero-order valence-corrected chi connectivity index (χ0v) is 13.4. The zero-order valence-electron chi connectivity index (χ0n) is 10.2. The van der Waals surface area contributed by atoms with Gasteiger partial charge in [-0.2, -0.15) is 0 Å². The van der Waals surface area contributed by atoms with Crippen molar-refractivity contribution in [1.29, 1.82) is 0 Å². The molecule has 20 heavy (non-hydrogen) atoms. The normalized spacial score (nSPS) is 13.8. The van der Waals surface area contributed by atoms with Gasteiger partial charge in [0, 0.05) is 5.56 Å². The van der Waals surface area contributed by atoms with Crippen molar-refractivity contribution in [1.82, 2.24) is 0 Å². The average molecular weight is 404 g/mol. The molecule has 2 aromatic rings. The molecule has 0 aliphatic carbocycles. The molecule has 0 amide bonds. The molecule has 0 saturated carbocycles. The first-order chi connectivity index (χ1) is 9.49. The average Bonchev–Trinajstić information content (AvgIpc) is 2.46. The molecule has 1 nitrogen and oxygen atoms in total. The first kappa shape index (κ1) is 15.3. The molecule has 0 aromatic heterocycles. The molecule has 0 saturated heterocycles. The van der Waals surface area contributed by atoms with Crippen molar-refractivity contribution in [3.8, 4) is 0 Å². The van der Waals surface area contributed by atoms with Gasteiger partial charge in [-0.15, -0.1) is 0 Å². The Kier molecular flexibility index (Phi) is 5.05. The third-order valence-corrected chi connectivity index (χ3v) is 5.54. The molecule has 2 rings (SSSR count). The number of carbonyl (C=O) groups excluding carboxylic acids is 1. The van der Waals surface area contributed by atoms with Gasteiger partial charge in [-0.25, -0.2) is 8.78 Å². The highest BCUT2D eigenvalue weighted by molar-refractivity contribution is 9.12. The Bertz CT molecular complexity index is 596. The summed E-state index contributed by atoms with van der Waals surface area (Å²) >= 11 is 6.76. The van der Waals surface area contributed by atoms with Crippen molar-refractivity contribution >= 4 is 37.6 Å². The summed E-state index contributed by atoms with van der Waals surface area (Å²) in [7, 11) is 0. The van der Waals surface area contributed by atoms with Crippen LogP contribution in [0.25, 0.3) is 0 Å². The minimum absolute atomic E-state index is 0.170. The number of rotatable bonds is 4. The monoisotopic (exact) mass is 402 g/mol. The maximum Gasteiger partial charge on any atom is 0.177 e. The fraction of sp³-hybridized carbons (Fsp3) is 0.133. The second-order valence-corrected chi connectivity index (χ2v) is 6.20. The summed E-state index contributed by atoms with van der Waals surface area (Å²) in [5.41, 5.74) is 1.20. The topological polar surface area (TPSA) is 17.1 Å². The molecule has 0 heterocycles. The van der Waals surface area contributed by atoms with Crippen molar-refractivity contribution in [3.05, 3.63) is 71.3 Å². The molecule has 0 fully saturated rings. The fourth-order valence-electron chi connectivity index (χ4n) is 1.72. The molecular formula is C15H10Br2F2O. The lowest BCUT2D eigenvalue weighted by molar-refractivity contribution is 0.0991. The number of halogens is 4. The molecule has 2 atom stereocenters. The first-order valence-corrected chi connectivity index (χ1v) is 7.65. The highest BCUT2D eigenvalue weighted by atomic mass is 79.9. The SMILES string of the molecule is O=C(c1ccc(F)cc1)[C@@H](Br)[C@@H](Br)c1ccc(F)cc1. The third kappa shape index (κ3) is 3.52. The van der Waals surface area contributed by atoms with E-state index in [9.17, 15) is 13.6 Å². The highest BCUT2D eigenvalue weighted by Gasteiger charge is 2.26. The van der Waals surface area contributed by atoms with Crippen molar-refractivity contribution in [2.75, 3.05) is 0 Å². The van der Waals surface area contributed by atoms with Gasteiger partial charge in [-0.05, 0) is 42.0 Å². The molecule has 0 radical (unpaired) electrons. The second-order valence-electron chi connectivity index (χ2n) is 4.23. The van der Waals surface area contributed by atoms with E-state index in [2.05, 4.69) is 31.9 Å². The van der Waals surface area contributed by atoms with Crippen molar-refractivity contribution in [2.24, 2.45) is 0 Å². The predicted octanol–water partition coefficient (Wildman–Crippen LogP) is 5.05. The van der Waals surface area contributed by atoms with Crippen molar-refractivity contribution < 1.29 is 13.6 Å². The van der Waals surface area contributed by atoms with E-state index < -0.39 is 4.83 Å². The summed E-state index contributed by atoms with van der Waals surface area (Å²) in [5.74, 6) is -0.887. The van der Waals surface area contributed by atoms with Crippen LogP contribution in [0.1, 0.15) is 20.7 Å². The van der Waals surface area contributed by atoms with E-state index in [1.54, 1.807) is 12.1 Å². The summed E-state index contributed by atoms with van der Waals surface area (Å²) in [6, 6.07) is 11.3. The van der Waals surface area contributed by atoms with Crippen molar-refractivity contribution in [3.63, 3.8) is 0 Å². The van der Waals surface area contributed by atoms with E-state index >= 15 is 0 Å². The molecule has 5 heteroatoms. The van der Waals surface area contributed by atoms with Crippen LogP contribution >= 0.6 is 31.9 Å². The maximum atomic E-state index is 12.9. The Morgan fingerprint density at radius 3 is 1.80 bits per heavy atom. The van der Waals surface area contributed by atoms with E-state index in [4.69, 9.17) is 0 Å². The molecule has 0 bridgehead atoms. The van der Waals surface area contributed by atoms with Gasteiger partial charge in [-0.1, -0.05) is 44.0 Å². The Hall–Kier alpha value is -1.07. The molecule has 0 N–H and O–H groups in total. The van der Waals surface area contributed by atoms with Crippen LogP contribution in [-0.2, 0) is 0 Å². The van der Waals surface area contributed by atoms with E-state index in [1.165, 1.54) is 36.4 Å². The Labute approximate surface area is 132 Å². The van der Waals surface area contributed by atoms with Gasteiger partial charge >= 0.3 is 0 Å². The van der Waals surface area contributed by atoms with E-state index in [0.717, 1.165) is 5.56 Å². The van der Waals surface area contributed by atoms with Gasteiger partial charge in [0.15, 0.2) is 5.78 Å². The van der Waals surface area contributed by atoms with Crippen LogP contribution in [0.15, 0.2) is 48.5 Å². The minimum atomic E-state index is -0.529. The molecule has 0 aliphatic rings. The number of ketones is 1. The number of hydrogen-bond donors (Lipinski definition) is 0. The van der Waals surface area contributed by atoms with Crippen LogP contribution in [0.5, 0.6) is 0 Å². The van der Waals surface area contributed by atoms with Crippen LogP contribution in [-0.4, -0.2) is 10.6 Å². The van der Waals surface area contributed by atoms with Gasteiger partial charge in [-0.3, -0.25) is 4.79 Å². The minimum Gasteiger partial charge on any atom is -0.293 e. The lowest BCUT2D eigenvalue weighted by atomic mass is 10.0. The van der Waals surface area contributed by atoms with Crippen molar-refractivity contribution in [2.45, 2.75) is 9.65 Å². The summed E-state index contributed by atoms with van der Waals surface area (Å²) in [6.45, 7) is 0. The standard InChI is InChI=1S/C15H10Br2F2O/c16-13(9-1-5-11(18)6-2-9)14(17)15(20)10-3-7-12(19)8-4-10/h1-8,13-14H/t13-,14-/m0/s1. The van der Waals surface area contributed by atoms with Crippen LogP contribution < -0.4 is 0 Å². The number of Topliss-reactive ketones (excluding diaryl/α,β-unsaturated/α-hetero) is 1. The predicted molar refractivity (Wildman–Crippen MR) is 81.5 cm³/mol. The Morgan fingerprint density at radius 2 is 1.30 bits per heavy atom. The molecule has 0 unspecified atom stereocenters. The molecule has 0 spiro atoms. The van der Waals surface area contributed by atoms with Gasteiger partial charge in [0.2, 0.25) is 0 Å². The quantitative estimate of drug-likeness (QED) is 0.515. The van der Waals surface area contributed by atoms with Crippen LogP contribution in [0.4, 0.5) is 8.78 Å². The van der Waals surface area contributed by atoms with Gasteiger partial charge < -0.3 is 0 Å². The second kappa shape index (κ2) is 6.59. The largest absolute Gasteiger partial charge is 0.293 e. The Morgan fingerprint density at radius 1 is 0.850 bits per heavy atom. The Balaban J connectivity index is 2.17. The first-order valence-electron chi connectivity index (χ1n) is 5.82. The maximum absolute atomic E-state index is 12.9. The van der Waals surface area contributed by atoms with E-state index in [-0.39, 0.29) is 22.2 Å². The van der Waals surface area contributed by atoms with Gasteiger partial charge in [0.25, 0.3) is 0 Å². The zero-order chi connectivity index (χ0) is 14.7. The number of carbonyl (C=O) groups is 1. The molecule has 104 valence electrons. The smallest absolute Gasteiger partial charge is 0.177 e.